The van der Waals surface area contributed by atoms with E-state index in [0.717, 1.165) is 38.3 Å². The standard InChI is InChI=1S/C21H27N3O3.ClH/c1-16(2)27-21(26)19-4-3-9-22-20(19)24-12-10-23(11-13-24)14-17-5-7-18(15-25)8-6-17;/h3-9,16,25H,10-15H2,1-2H3;1H. The molecule has 3 rings (SSSR count). The van der Waals surface area contributed by atoms with Gasteiger partial charge in [-0.3, -0.25) is 4.90 Å². The number of aliphatic hydroxyl groups excluding tert-OH is 1. The number of rotatable bonds is 6. The van der Waals surface area contributed by atoms with Crippen LogP contribution in [0.5, 0.6) is 0 Å². The Balaban J connectivity index is 0.00000280. The first-order chi connectivity index (χ1) is 13.1. The molecule has 1 aromatic heterocycles. The van der Waals surface area contributed by atoms with E-state index in [1.54, 1.807) is 18.3 Å². The number of nitrogens with zero attached hydrogens (tertiary/aromatic N) is 3. The molecule has 0 spiro atoms. The van der Waals surface area contributed by atoms with Crippen molar-refractivity contribution in [2.45, 2.75) is 33.1 Å². The molecule has 152 valence electrons. The number of hydrogen-bond acceptors (Lipinski definition) is 6. The lowest BCUT2D eigenvalue weighted by molar-refractivity contribution is 0.0378. The molecule has 7 heteroatoms. The average molecular weight is 406 g/mol. The molecular formula is C21H28ClN3O3. The zero-order chi connectivity index (χ0) is 19.2. The van der Waals surface area contributed by atoms with Gasteiger partial charge in [-0.25, -0.2) is 9.78 Å². The van der Waals surface area contributed by atoms with E-state index in [-0.39, 0.29) is 31.1 Å². The molecule has 1 saturated heterocycles. The summed E-state index contributed by atoms with van der Waals surface area (Å²) in [5.41, 5.74) is 2.69. The van der Waals surface area contributed by atoms with Crippen LogP contribution in [0.2, 0.25) is 0 Å². The zero-order valence-electron chi connectivity index (χ0n) is 16.4. The van der Waals surface area contributed by atoms with Crippen LogP contribution in [0.25, 0.3) is 0 Å². The predicted molar refractivity (Wildman–Crippen MR) is 112 cm³/mol. The van der Waals surface area contributed by atoms with Crippen LogP contribution in [0.4, 0.5) is 5.82 Å². The molecule has 0 aliphatic carbocycles. The second kappa shape index (κ2) is 10.4. The molecule has 1 aliphatic rings. The van der Waals surface area contributed by atoms with Crippen LogP contribution in [-0.2, 0) is 17.9 Å². The van der Waals surface area contributed by atoms with Gasteiger partial charge in [-0.15, -0.1) is 12.4 Å². The number of aliphatic hydroxyl groups is 1. The lowest BCUT2D eigenvalue weighted by Crippen LogP contribution is -2.46. The van der Waals surface area contributed by atoms with E-state index >= 15 is 0 Å². The summed E-state index contributed by atoms with van der Waals surface area (Å²) in [6, 6.07) is 11.6. The predicted octanol–water partition coefficient (Wildman–Crippen LogP) is 2.88. The number of pyridine rings is 1. The van der Waals surface area contributed by atoms with E-state index in [1.807, 2.05) is 26.0 Å². The Morgan fingerprint density at radius 3 is 2.36 bits per heavy atom. The molecular weight excluding hydrogens is 378 g/mol. The summed E-state index contributed by atoms with van der Waals surface area (Å²) in [6.45, 7) is 8.07. The molecule has 1 aromatic carbocycles. The Hall–Kier alpha value is -2.15. The van der Waals surface area contributed by atoms with Gasteiger partial charge in [0.15, 0.2) is 0 Å². The Morgan fingerprint density at radius 1 is 1.11 bits per heavy atom. The van der Waals surface area contributed by atoms with E-state index in [2.05, 4.69) is 26.9 Å². The molecule has 0 saturated carbocycles. The molecule has 0 unspecified atom stereocenters. The zero-order valence-corrected chi connectivity index (χ0v) is 17.2. The van der Waals surface area contributed by atoms with Gasteiger partial charge in [-0.2, -0.15) is 0 Å². The number of benzene rings is 1. The molecule has 1 N–H and O–H groups in total. The third-order valence-corrected chi connectivity index (χ3v) is 4.63. The highest BCUT2D eigenvalue weighted by molar-refractivity contribution is 5.94. The van der Waals surface area contributed by atoms with Gasteiger partial charge in [0, 0.05) is 38.9 Å². The van der Waals surface area contributed by atoms with Crippen LogP contribution in [0.3, 0.4) is 0 Å². The number of hydrogen-bond donors (Lipinski definition) is 1. The minimum Gasteiger partial charge on any atom is -0.459 e. The third-order valence-electron chi connectivity index (χ3n) is 4.63. The van der Waals surface area contributed by atoms with Crippen molar-refractivity contribution in [3.05, 3.63) is 59.3 Å². The van der Waals surface area contributed by atoms with Gasteiger partial charge in [0.2, 0.25) is 0 Å². The third kappa shape index (κ3) is 5.67. The number of aromatic nitrogens is 1. The van der Waals surface area contributed by atoms with Crippen molar-refractivity contribution in [3.8, 4) is 0 Å². The number of carbonyl (C=O) groups is 1. The molecule has 6 nitrogen and oxygen atoms in total. The summed E-state index contributed by atoms with van der Waals surface area (Å²) in [5.74, 6) is 0.384. The summed E-state index contributed by atoms with van der Waals surface area (Å²) in [4.78, 5) is 21.3. The smallest absolute Gasteiger partial charge is 0.342 e. The van der Waals surface area contributed by atoms with Crippen LogP contribution < -0.4 is 4.90 Å². The maximum Gasteiger partial charge on any atom is 0.342 e. The summed E-state index contributed by atoms with van der Waals surface area (Å²) < 4.78 is 5.35. The molecule has 1 fully saturated rings. The summed E-state index contributed by atoms with van der Waals surface area (Å²) >= 11 is 0. The van der Waals surface area contributed by atoms with Crippen LogP contribution in [-0.4, -0.2) is 53.2 Å². The molecule has 0 radical (unpaired) electrons. The second-order valence-corrected chi connectivity index (χ2v) is 7.07. The fourth-order valence-corrected chi connectivity index (χ4v) is 3.21. The highest BCUT2D eigenvalue weighted by Gasteiger charge is 2.23. The van der Waals surface area contributed by atoms with E-state index in [9.17, 15) is 4.79 Å². The maximum atomic E-state index is 12.4. The molecule has 0 atom stereocenters. The monoisotopic (exact) mass is 405 g/mol. The van der Waals surface area contributed by atoms with Crippen LogP contribution in [0.1, 0.15) is 35.3 Å². The van der Waals surface area contributed by atoms with Gasteiger partial charge in [-0.05, 0) is 37.1 Å². The first-order valence-corrected chi connectivity index (χ1v) is 9.39. The maximum absolute atomic E-state index is 12.4. The van der Waals surface area contributed by atoms with Gasteiger partial charge >= 0.3 is 5.97 Å². The highest BCUT2D eigenvalue weighted by Crippen LogP contribution is 2.21. The summed E-state index contributed by atoms with van der Waals surface area (Å²) in [6.07, 6.45) is 1.57. The second-order valence-electron chi connectivity index (χ2n) is 7.07. The fourth-order valence-electron chi connectivity index (χ4n) is 3.21. The Labute approximate surface area is 172 Å². The van der Waals surface area contributed by atoms with Gasteiger partial charge < -0.3 is 14.7 Å². The summed E-state index contributed by atoms with van der Waals surface area (Å²) in [5, 5.41) is 9.14. The van der Waals surface area contributed by atoms with Gasteiger partial charge in [-0.1, -0.05) is 24.3 Å². The van der Waals surface area contributed by atoms with E-state index < -0.39 is 0 Å². The average Bonchev–Trinajstić information content (AvgIpc) is 2.69. The fraction of sp³-hybridized carbons (Fsp3) is 0.429. The number of halogens is 1. The SMILES string of the molecule is CC(C)OC(=O)c1cccnc1N1CCN(Cc2ccc(CO)cc2)CC1.Cl. The van der Waals surface area contributed by atoms with Crippen molar-refractivity contribution in [1.82, 2.24) is 9.88 Å². The van der Waals surface area contributed by atoms with E-state index in [1.165, 1.54) is 5.56 Å². The minimum atomic E-state index is -0.320. The quantitative estimate of drug-likeness (QED) is 0.745. The van der Waals surface area contributed by atoms with E-state index in [4.69, 9.17) is 9.84 Å². The lowest BCUT2D eigenvalue weighted by Gasteiger charge is -2.36. The molecule has 0 amide bonds. The Bertz CT molecular complexity index is 760. The Kier molecular flexibility index (Phi) is 8.23. The largest absolute Gasteiger partial charge is 0.459 e. The summed E-state index contributed by atoms with van der Waals surface area (Å²) in [7, 11) is 0. The molecule has 0 bridgehead atoms. The van der Waals surface area contributed by atoms with Crippen LogP contribution >= 0.6 is 12.4 Å². The van der Waals surface area contributed by atoms with Gasteiger partial charge in [0.05, 0.1) is 12.7 Å². The Morgan fingerprint density at radius 2 is 1.75 bits per heavy atom. The van der Waals surface area contributed by atoms with Crippen molar-refractivity contribution >= 4 is 24.2 Å². The minimum absolute atomic E-state index is 0. The van der Waals surface area contributed by atoms with E-state index in [0.29, 0.717) is 11.4 Å². The van der Waals surface area contributed by atoms with Gasteiger partial charge in [0.1, 0.15) is 11.4 Å². The van der Waals surface area contributed by atoms with Crippen LogP contribution in [0, 0.1) is 0 Å². The van der Waals surface area contributed by atoms with Gasteiger partial charge in [0.25, 0.3) is 0 Å². The first-order valence-electron chi connectivity index (χ1n) is 9.39. The van der Waals surface area contributed by atoms with Crippen molar-refractivity contribution in [2.75, 3.05) is 31.1 Å². The number of anilines is 1. The lowest BCUT2D eigenvalue weighted by atomic mass is 10.1. The van der Waals surface area contributed by atoms with Crippen molar-refractivity contribution < 1.29 is 14.6 Å². The van der Waals surface area contributed by atoms with Crippen molar-refractivity contribution in [3.63, 3.8) is 0 Å². The number of piperazine rings is 1. The molecule has 28 heavy (non-hydrogen) atoms. The normalized spacial score (nSPS) is 14.6. The number of carbonyl (C=O) groups excluding carboxylic acids is 1. The molecule has 2 heterocycles. The molecule has 2 aromatic rings. The number of esters is 1. The van der Waals surface area contributed by atoms with Crippen molar-refractivity contribution in [1.29, 1.82) is 0 Å². The topological polar surface area (TPSA) is 65.9 Å². The van der Waals surface area contributed by atoms with Crippen molar-refractivity contribution in [2.24, 2.45) is 0 Å². The van der Waals surface area contributed by atoms with Crippen LogP contribution in [0.15, 0.2) is 42.6 Å². The first kappa shape index (κ1) is 22.1. The molecule has 1 aliphatic heterocycles. The highest BCUT2D eigenvalue weighted by atomic mass is 35.5. The number of ether oxygens (including phenoxy) is 1.